The third-order valence-electron chi connectivity index (χ3n) is 3.73. The van der Waals surface area contributed by atoms with Crippen molar-refractivity contribution in [1.29, 1.82) is 0 Å². The van der Waals surface area contributed by atoms with Gasteiger partial charge in [-0.2, -0.15) is 0 Å². The van der Waals surface area contributed by atoms with Gasteiger partial charge in [-0.25, -0.2) is 0 Å². The van der Waals surface area contributed by atoms with Gasteiger partial charge in [-0.1, -0.05) is 18.2 Å². The minimum atomic E-state index is -1.53. The number of nitrogens with one attached hydrogen (secondary N) is 1. The van der Waals surface area contributed by atoms with Gasteiger partial charge in [-0.3, -0.25) is 4.79 Å². The fourth-order valence-corrected chi connectivity index (χ4v) is 2.39. The van der Waals surface area contributed by atoms with E-state index in [1.165, 1.54) is 7.11 Å². The third-order valence-corrected chi connectivity index (χ3v) is 3.73. The molecule has 5 N–H and O–H groups in total. The molecular weight excluding hydrogens is 306 g/mol. The maximum absolute atomic E-state index is 11.9. The average molecular weight is 327 g/mol. The molecule has 0 aromatic heterocycles. The zero-order chi connectivity index (χ0) is 17.0. The Labute approximate surface area is 133 Å². The number of aliphatic hydroxyl groups excluding tert-OH is 4. The van der Waals surface area contributed by atoms with Crippen molar-refractivity contribution < 1.29 is 34.7 Å². The van der Waals surface area contributed by atoms with Gasteiger partial charge in [0.1, 0.15) is 30.5 Å². The van der Waals surface area contributed by atoms with Crippen molar-refractivity contribution in [3.05, 3.63) is 35.9 Å². The van der Waals surface area contributed by atoms with Crippen molar-refractivity contribution in [3.63, 3.8) is 0 Å². The molecule has 0 bridgehead atoms. The Bertz CT molecular complexity index is 510. The summed E-state index contributed by atoms with van der Waals surface area (Å²) < 4.78 is 10.1. The van der Waals surface area contributed by atoms with Crippen LogP contribution in [-0.4, -0.2) is 76.8 Å². The summed E-state index contributed by atoms with van der Waals surface area (Å²) in [6, 6.07) is 8.43. The van der Waals surface area contributed by atoms with Gasteiger partial charge in [0.25, 0.3) is 5.91 Å². The summed E-state index contributed by atoms with van der Waals surface area (Å²) >= 11 is 0. The topological polar surface area (TPSA) is 128 Å². The molecule has 0 aliphatic carbocycles. The molecular formula is C15H21NO7. The summed E-state index contributed by atoms with van der Waals surface area (Å²) in [7, 11) is 1.26. The minimum Gasteiger partial charge on any atom is -0.388 e. The first kappa shape index (κ1) is 17.8. The Morgan fingerprint density at radius 1 is 1.22 bits per heavy atom. The first-order valence-corrected chi connectivity index (χ1v) is 7.19. The van der Waals surface area contributed by atoms with Crippen molar-refractivity contribution in [3.8, 4) is 0 Å². The SMILES string of the molecule is CO[C@@H]1O[C@@H]([C@@H](O)CNC(=O)c2ccccc2)[C@H](O)[C@@H](O)[C@H]1O. The third kappa shape index (κ3) is 4.05. The number of carbonyl (C=O) groups excluding carboxylic acids is 1. The summed E-state index contributed by atoms with van der Waals surface area (Å²) in [6.07, 6.45) is -8.17. The van der Waals surface area contributed by atoms with Crippen molar-refractivity contribution in [2.45, 2.75) is 36.8 Å². The van der Waals surface area contributed by atoms with E-state index in [0.717, 1.165) is 0 Å². The molecule has 1 fully saturated rings. The molecule has 0 saturated carbocycles. The Balaban J connectivity index is 1.94. The Kier molecular flexibility index (Phi) is 6.05. The van der Waals surface area contributed by atoms with Crippen molar-refractivity contribution >= 4 is 5.91 Å². The molecule has 1 saturated heterocycles. The molecule has 128 valence electrons. The summed E-state index contributed by atoms with van der Waals surface area (Å²) in [4.78, 5) is 11.9. The number of ether oxygens (including phenoxy) is 2. The molecule has 1 aromatic rings. The van der Waals surface area contributed by atoms with E-state index in [-0.39, 0.29) is 12.5 Å². The molecule has 2 rings (SSSR count). The van der Waals surface area contributed by atoms with Gasteiger partial charge in [0.05, 0.1) is 0 Å². The molecule has 0 unspecified atom stereocenters. The van der Waals surface area contributed by atoms with Crippen molar-refractivity contribution in [2.24, 2.45) is 0 Å². The van der Waals surface area contributed by atoms with Crippen LogP contribution in [0.25, 0.3) is 0 Å². The van der Waals surface area contributed by atoms with E-state index < -0.39 is 36.8 Å². The number of amides is 1. The van der Waals surface area contributed by atoms with Gasteiger partial charge in [-0.05, 0) is 12.1 Å². The highest BCUT2D eigenvalue weighted by Gasteiger charge is 2.46. The quantitative estimate of drug-likeness (QED) is 0.433. The average Bonchev–Trinajstić information content (AvgIpc) is 2.58. The normalized spacial score (nSPS) is 32.3. The van der Waals surface area contributed by atoms with Crippen LogP contribution in [0, 0.1) is 0 Å². The van der Waals surface area contributed by atoms with Gasteiger partial charge < -0.3 is 35.2 Å². The Morgan fingerprint density at radius 2 is 1.87 bits per heavy atom. The molecule has 23 heavy (non-hydrogen) atoms. The van der Waals surface area contributed by atoms with Crippen LogP contribution in [0.4, 0.5) is 0 Å². The van der Waals surface area contributed by atoms with Crippen LogP contribution in [-0.2, 0) is 9.47 Å². The molecule has 1 aliphatic rings. The highest BCUT2D eigenvalue weighted by Crippen LogP contribution is 2.23. The number of carbonyl (C=O) groups is 1. The van der Waals surface area contributed by atoms with E-state index in [4.69, 9.17) is 9.47 Å². The molecule has 1 aromatic carbocycles. The molecule has 8 heteroatoms. The first-order valence-electron chi connectivity index (χ1n) is 7.19. The lowest BCUT2D eigenvalue weighted by atomic mass is 9.95. The Hall–Kier alpha value is -1.55. The minimum absolute atomic E-state index is 0.200. The van der Waals surface area contributed by atoms with Gasteiger partial charge in [-0.15, -0.1) is 0 Å². The second-order valence-corrected chi connectivity index (χ2v) is 5.32. The summed E-state index contributed by atoms with van der Waals surface area (Å²) in [5, 5.41) is 42.0. The molecule has 6 atom stereocenters. The maximum Gasteiger partial charge on any atom is 0.251 e. The molecule has 1 amide bonds. The molecule has 8 nitrogen and oxygen atoms in total. The van der Waals surface area contributed by atoms with Crippen LogP contribution < -0.4 is 5.32 Å². The number of methoxy groups -OCH3 is 1. The molecule has 1 aliphatic heterocycles. The second-order valence-electron chi connectivity index (χ2n) is 5.32. The zero-order valence-electron chi connectivity index (χ0n) is 12.6. The summed E-state index contributed by atoms with van der Waals surface area (Å²) in [5.41, 5.74) is 0.426. The molecule has 0 spiro atoms. The van der Waals surface area contributed by atoms with E-state index in [2.05, 4.69) is 5.32 Å². The van der Waals surface area contributed by atoms with Gasteiger partial charge in [0.2, 0.25) is 0 Å². The summed E-state index contributed by atoms with van der Waals surface area (Å²) in [5.74, 6) is -0.390. The first-order chi connectivity index (χ1) is 11.0. The van der Waals surface area contributed by atoms with Crippen LogP contribution in [0.15, 0.2) is 30.3 Å². The number of hydrogen-bond donors (Lipinski definition) is 5. The fourth-order valence-electron chi connectivity index (χ4n) is 2.39. The zero-order valence-corrected chi connectivity index (χ0v) is 12.6. The van der Waals surface area contributed by atoms with Crippen LogP contribution in [0.1, 0.15) is 10.4 Å². The predicted octanol–water partition coefficient (Wildman–Crippen LogP) is -1.77. The Morgan fingerprint density at radius 3 is 2.48 bits per heavy atom. The number of benzene rings is 1. The summed E-state index contributed by atoms with van der Waals surface area (Å²) in [6.45, 7) is -0.200. The number of rotatable bonds is 5. The standard InChI is InChI=1S/C15H21NO7/c1-22-15-12(20)10(18)11(19)13(23-15)9(17)7-16-14(21)8-5-3-2-4-6-8/h2-6,9-13,15,17-20H,7H2,1H3,(H,16,21)/t9-,10+,11+,12+,13-,15+/m0/s1. The van der Waals surface area contributed by atoms with E-state index in [9.17, 15) is 25.2 Å². The lowest BCUT2D eigenvalue weighted by Crippen LogP contribution is -2.62. The van der Waals surface area contributed by atoms with E-state index in [1.54, 1.807) is 30.3 Å². The largest absolute Gasteiger partial charge is 0.388 e. The predicted molar refractivity (Wildman–Crippen MR) is 78.5 cm³/mol. The lowest BCUT2D eigenvalue weighted by molar-refractivity contribution is -0.303. The molecule has 1 heterocycles. The van der Waals surface area contributed by atoms with Crippen LogP contribution >= 0.6 is 0 Å². The van der Waals surface area contributed by atoms with Crippen molar-refractivity contribution in [2.75, 3.05) is 13.7 Å². The number of aliphatic hydroxyl groups is 4. The van der Waals surface area contributed by atoms with Crippen molar-refractivity contribution in [1.82, 2.24) is 5.32 Å². The smallest absolute Gasteiger partial charge is 0.251 e. The van der Waals surface area contributed by atoms with Gasteiger partial charge in [0.15, 0.2) is 6.29 Å². The molecule has 0 radical (unpaired) electrons. The highest BCUT2D eigenvalue weighted by atomic mass is 16.7. The van der Waals surface area contributed by atoms with Gasteiger partial charge in [0, 0.05) is 19.2 Å². The maximum atomic E-state index is 11.9. The second kappa shape index (κ2) is 7.82. The van der Waals surface area contributed by atoms with Crippen LogP contribution in [0.2, 0.25) is 0 Å². The van der Waals surface area contributed by atoms with Gasteiger partial charge >= 0.3 is 0 Å². The fraction of sp³-hybridized carbons (Fsp3) is 0.533. The van der Waals surface area contributed by atoms with E-state index >= 15 is 0 Å². The van der Waals surface area contributed by atoms with Crippen LogP contribution in [0.5, 0.6) is 0 Å². The van der Waals surface area contributed by atoms with E-state index in [1.807, 2.05) is 0 Å². The van der Waals surface area contributed by atoms with E-state index in [0.29, 0.717) is 5.56 Å². The monoisotopic (exact) mass is 327 g/mol. The lowest BCUT2D eigenvalue weighted by Gasteiger charge is -2.41. The number of hydrogen-bond acceptors (Lipinski definition) is 7. The highest BCUT2D eigenvalue weighted by molar-refractivity contribution is 5.94. The van der Waals surface area contributed by atoms with Crippen LogP contribution in [0.3, 0.4) is 0 Å².